The zero-order valence-corrected chi connectivity index (χ0v) is 13.4. The molecule has 2 aromatic carbocycles. The van der Waals surface area contributed by atoms with Crippen molar-refractivity contribution in [1.82, 2.24) is 4.98 Å². The van der Waals surface area contributed by atoms with Crippen molar-refractivity contribution >= 4 is 43.2 Å². The number of carboxylic acids is 1. The highest BCUT2D eigenvalue weighted by molar-refractivity contribution is 7.93. The number of sulfonamides is 1. The van der Waals surface area contributed by atoms with Crippen LogP contribution in [0.1, 0.15) is 5.69 Å². The second-order valence-electron chi connectivity index (χ2n) is 4.83. The number of nitrogens with zero attached hydrogens (tertiary/aromatic N) is 1. The van der Waals surface area contributed by atoms with E-state index in [0.29, 0.717) is 5.69 Å². The number of hydrogen-bond acceptors (Lipinski definition) is 5. The van der Waals surface area contributed by atoms with Gasteiger partial charge in [0.05, 0.1) is 17.0 Å². The number of rotatable bonds is 5. The highest BCUT2D eigenvalue weighted by Gasteiger charge is 2.17. The quantitative estimate of drug-likeness (QED) is 0.739. The van der Waals surface area contributed by atoms with Crippen LogP contribution in [0.25, 0.3) is 10.8 Å². The number of carbonyl (C=O) groups is 1. The smallest absolute Gasteiger partial charge is 0.309 e. The molecule has 2 N–H and O–H groups in total. The molecule has 0 unspecified atom stereocenters. The maximum Gasteiger partial charge on any atom is 0.309 e. The highest BCUT2D eigenvalue weighted by atomic mass is 32.2. The summed E-state index contributed by atoms with van der Waals surface area (Å²) in [4.78, 5) is 14.7. The molecule has 6 nitrogen and oxygen atoms in total. The average Bonchev–Trinajstić information content (AvgIpc) is 2.92. The molecule has 0 saturated heterocycles. The minimum absolute atomic E-state index is 0.131. The van der Waals surface area contributed by atoms with E-state index < -0.39 is 16.0 Å². The lowest BCUT2D eigenvalue weighted by molar-refractivity contribution is -0.136. The maximum absolute atomic E-state index is 12.4. The first-order valence-corrected chi connectivity index (χ1v) is 8.98. The van der Waals surface area contributed by atoms with Crippen LogP contribution in [0, 0.1) is 0 Å². The van der Waals surface area contributed by atoms with Crippen LogP contribution < -0.4 is 4.72 Å². The Bertz CT molecular complexity index is 980. The van der Waals surface area contributed by atoms with Crippen LogP contribution in [0.3, 0.4) is 0 Å². The van der Waals surface area contributed by atoms with Crippen LogP contribution in [0.15, 0.2) is 52.7 Å². The topological polar surface area (TPSA) is 96.4 Å². The summed E-state index contributed by atoms with van der Waals surface area (Å²) in [6, 6.07) is 12.3. The van der Waals surface area contributed by atoms with Gasteiger partial charge in [0, 0.05) is 5.38 Å². The highest BCUT2D eigenvalue weighted by Crippen LogP contribution is 2.23. The van der Waals surface area contributed by atoms with Gasteiger partial charge >= 0.3 is 5.97 Å². The van der Waals surface area contributed by atoms with Gasteiger partial charge in [-0.3, -0.25) is 9.52 Å². The first-order chi connectivity index (χ1) is 10.9. The van der Waals surface area contributed by atoms with E-state index in [2.05, 4.69) is 9.71 Å². The fraction of sp³-hybridized carbons (Fsp3) is 0.0667. The van der Waals surface area contributed by atoms with E-state index >= 15 is 0 Å². The number of aromatic nitrogens is 1. The van der Waals surface area contributed by atoms with E-state index in [1.165, 1.54) is 11.4 Å². The van der Waals surface area contributed by atoms with E-state index in [1.807, 2.05) is 24.3 Å². The molecule has 0 bridgehead atoms. The lowest BCUT2D eigenvalue weighted by Gasteiger charge is -2.06. The number of carboxylic acid groups (broad SMARTS) is 1. The van der Waals surface area contributed by atoms with Gasteiger partial charge in [0.2, 0.25) is 0 Å². The Balaban J connectivity index is 1.88. The van der Waals surface area contributed by atoms with Crippen LogP contribution in [-0.4, -0.2) is 24.5 Å². The van der Waals surface area contributed by atoms with Crippen molar-refractivity contribution in [2.45, 2.75) is 11.3 Å². The van der Waals surface area contributed by atoms with Gasteiger partial charge in [0.1, 0.15) is 0 Å². The van der Waals surface area contributed by atoms with E-state index in [1.54, 1.807) is 12.1 Å². The molecule has 0 spiro atoms. The van der Waals surface area contributed by atoms with Crippen LogP contribution in [0.2, 0.25) is 0 Å². The van der Waals surface area contributed by atoms with E-state index in [4.69, 9.17) is 5.11 Å². The molecule has 0 aliphatic carbocycles. The fourth-order valence-electron chi connectivity index (χ4n) is 2.10. The Morgan fingerprint density at radius 3 is 2.65 bits per heavy atom. The van der Waals surface area contributed by atoms with Crippen molar-refractivity contribution in [2.24, 2.45) is 0 Å². The predicted molar refractivity (Wildman–Crippen MR) is 88.2 cm³/mol. The molecule has 0 aliphatic heterocycles. The van der Waals surface area contributed by atoms with Crippen molar-refractivity contribution in [3.05, 3.63) is 53.5 Å². The van der Waals surface area contributed by atoms with Crippen LogP contribution >= 0.6 is 11.3 Å². The molecule has 1 heterocycles. The third-order valence-electron chi connectivity index (χ3n) is 3.14. The van der Waals surface area contributed by atoms with Gasteiger partial charge in [-0.15, -0.1) is 11.3 Å². The molecule has 0 amide bonds. The normalized spacial score (nSPS) is 11.5. The molecule has 0 radical (unpaired) electrons. The largest absolute Gasteiger partial charge is 0.481 e. The summed E-state index contributed by atoms with van der Waals surface area (Å²) in [7, 11) is -3.77. The van der Waals surface area contributed by atoms with Crippen LogP contribution in [-0.2, 0) is 21.2 Å². The molecule has 0 atom stereocenters. The van der Waals surface area contributed by atoms with Crippen LogP contribution in [0.5, 0.6) is 0 Å². The zero-order valence-electron chi connectivity index (χ0n) is 11.8. The van der Waals surface area contributed by atoms with Gasteiger partial charge in [0.15, 0.2) is 5.13 Å². The zero-order chi connectivity index (χ0) is 16.4. The lowest BCUT2D eigenvalue weighted by Crippen LogP contribution is -2.13. The summed E-state index contributed by atoms with van der Waals surface area (Å²) in [5.74, 6) is -1.01. The first-order valence-electron chi connectivity index (χ1n) is 6.62. The van der Waals surface area contributed by atoms with Crippen molar-refractivity contribution in [1.29, 1.82) is 0 Å². The van der Waals surface area contributed by atoms with Gasteiger partial charge in [-0.1, -0.05) is 30.3 Å². The minimum atomic E-state index is -3.77. The molecule has 23 heavy (non-hydrogen) atoms. The number of anilines is 1. The first kappa shape index (κ1) is 15.4. The Hall–Kier alpha value is -2.45. The Morgan fingerprint density at radius 2 is 1.91 bits per heavy atom. The molecule has 118 valence electrons. The van der Waals surface area contributed by atoms with Gasteiger partial charge in [-0.2, -0.15) is 0 Å². The van der Waals surface area contributed by atoms with Gasteiger partial charge in [-0.05, 0) is 22.9 Å². The fourth-order valence-corrected chi connectivity index (χ4v) is 4.10. The third kappa shape index (κ3) is 3.49. The minimum Gasteiger partial charge on any atom is -0.481 e. The van der Waals surface area contributed by atoms with Gasteiger partial charge < -0.3 is 5.11 Å². The molecular weight excluding hydrogens is 336 g/mol. The Morgan fingerprint density at radius 1 is 1.17 bits per heavy atom. The summed E-state index contributed by atoms with van der Waals surface area (Å²) in [5, 5.41) is 12.2. The summed E-state index contributed by atoms with van der Waals surface area (Å²) in [6.07, 6.45) is -0.242. The molecular formula is C15H12N2O4S2. The number of nitrogens with one attached hydrogen (secondary N) is 1. The van der Waals surface area contributed by atoms with Crippen LogP contribution in [0.4, 0.5) is 5.13 Å². The number of hydrogen-bond donors (Lipinski definition) is 2. The van der Waals surface area contributed by atoms with Crippen molar-refractivity contribution in [2.75, 3.05) is 4.72 Å². The number of thiazole rings is 1. The standard InChI is InChI=1S/C15H12N2O4S2/c18-14(19)8-12-9-22-15(16-12)17-23(20,21)13-6-5-10-3-1-2-4-11(10)7-13/h1-7,9H,8H2,(H,16,17)(H,18,19). The maximum atomic E-state index is 12.4. The van der Waals surface area contributed by atoms with E-state index in [-0.39, 0.29) is 16.4 Å². The SMILES string of the molecule is O=C(O)Cc1csc(NS(=O)(=O)c2ccc3ccccc3c2)n1. The lowest BCUT2D eigenvalue weighted by atomic mass is 10.1. The number of fused-ring (bicyclic) bond motifs is 1. The summed E-state index contributed by atoms with van der Waals surface area (Å²) in [5.41, 5.74) is 0.318. The average molecular weight is 348 g/mol. The van der Waals surface area contributed by atoms with Gasteiger partial charge in [-0.25, -0.2) is 13.4 Å². The second-order valence-corrected chi connectivity index (χ2v) is 7.37. The van der Waals surface area contributed by atoms with Crippen molar-refractivity contribution < 1.29 is 18.3 Å². The molecule has 8 heteroatoms. The monoisotopic (exact) mass is 348 g/mol. The summed E-state index contributed by atoms with van der Waals surface area (Å²) >= 11 is 1.05. The summed E-state index contributed by atoms with van der Waals surface area (Å²) < 4.78 is 27.2. The third-order valence-corrected chi connectivity index (χ3v) is 5.41. The summed E-state index contributed by atoms with van der Waals surface area (Å²) in [6.45, 7) is 0. The van der Waals surface area contributed by atoms with Crippen molar-refractivity contribution in [3.8, 4) is 0 Å². The molecule has 0 aliphatic rings. The molecule has 0 saturated carbocycles. The van der Waals surface area contributed by atoms with Gasteiger partial charge in [0.25, 0.3) is 10.0 Å². The second kappa shape index (κ2) is 5.98. The van der Waals surface area contributed by atoms with Crippen molar-refractivity contribution in [3.63, 3.8) is 0 Å². The Kier molecular flexibility index (Phi) is 4.01. The number of aliphatic carboxylic acids is 1. The Labute approximate surface area is 136 Å². The van der Waals surface area contributed by atoms with E-state index in [0.717, 1.165) is 22.1 Å². The van der Waals surface area contributed by atoms with E-state index in [9.17, 15) is 13.2 Å². The molecule has 3 rings (SSSR count). The number of benzene rings is 2. The molecule has 0 fully saturated rings. The predicted octanol–water partition coefficient (Wildman–Crippen LogP) is 2.72. The molecule has 3 aromatic rings. The molecule has 1 aromatic heterocycles.